The van der Waals surface area contributed by atoms with E-state index in [9.17, 15) is 13.5 Å². The number of nitrogens with zero attached hydrogens (tertiary/aromatic N) is 1. The molecule has 1 fully saturated rings. The predicted octanol–water partition coefficient (Wildman–Crippen LogP) is -1.13. The lowest BCUT2D eigenvalue weighted by Crippen LogP contribution is -2.59. The second-order valence-corrected chi connectivity index (χ2v) is 5.58. The van der Waals surface area contributed by atoms with Crippen LogP contribution < -0.4 is 5.32 Å². The van der Waals surface area contributed by atoms with Gasteiger partial charge in [0.25, 0.3) is 10.1 Å². The molecular weight excluding hydrogens is 220 g/mol. The minimum absolute atomic E-state index is 0.282. The van der Waals surface area contributed by atoms with Gasteiger partial charge < -0.3 is 10.4 Å². The zero-order chi connectivity index (χ0) is 11.6. The SMILES string of the molecule is CC(O)C1CNCCN1C(C)S(=O)(=O)O. The van der Waals surface area contributed by atoms with Crippen molar-refractivity contribution in [1.29, 1.82) is 0 Å². The highest BCUT2D eigenvalue weighted by Gasteiger charge is 2.34. The highest BCUT2D eigenvalue weighted by molar-refractivity contribution is 7.86. The Morgan fingerprint density at radius 1 is 1.47 bits per heavy atom. The van der Waals surface area contributed by atoms with Gasteiger partial charge in [-0.2, -0.15) is 8.42 Å². The zero-order valence-electron chi connectivity index (χ0n) is 8.92. The molecule has 0 bridgehead atoms. The normalized spacial score (nSPS) is 28.7. The first-order valence-electron chi connectivity index (χ1n) is 4.95. The molecule has 0 amide bonds. The van der Waals surface area contributed by atoms with Crippen LogP contribution in [0.4, 0.5) is 0 Å². The molecule has 0 aromatic heterocycles. The number of aliphatic hydroxyl groups excluding tert-OH is 1. The van der Waals surface area contributed by atoms with Crippen LogP contribution in [0.25, 0.3) is 0 Å². The minimum Gasteiger partial charge on any atom is -0.392 e. The third-order valence-electron chi connectivity index (χ3n) is 2.78. The smallest absolute Gasteiger partial charge is 0.281 e. The van der Waals surface area contributed by atoms with Gasteiger partial charge in [0, 0.05) is 25.7 Å². The van der Waals surface area contributed by atoms with Crippen molar-refractivity contribution in [3.63, 3.8) is 0 Å². The van der Waals surface area contributed by atoms with Crippen LogP contribution in [-0.4, -0.2) is 60.1 Å². The van der Waals surface area contributed by atoms with Gasteiger partial charge in [-0.25, -0.2) is 0 Å². The number of nitrogens with one attached hydrogen (secondary N) is 1. The van der Waals surface area contributed by atoms with Gasteiger partial charge in [-0.3, -0.25) is 9.45 Å². The van der Waals surface area contributed by atoms with Gasteiger partial charge >= 0.3 is 0 Å². The van der Waals surface area contributed by atoms with Crippen molar-refractivity contribution >= 4 is 10.1 Å². The Kier molecular flexibility index (Phi) is 4.07. The Morgan fingerprint density at radius 3 is 2.53 bits per heavy atom. The average molecular weight is 238 g/mol. The van der Waals surface area contributed by atoms with Crippen LogP contribution in [-0.2, 0) is 10.1 Å². The van der Waals surface area contributed by atoms with E-state index in [0.717, 1.165) is 0 Å². The largest absolute Gasteiger partial charge is 0.392 e. The summed E-state index contributed by atoms with van der Waals surface area (Å²) >= 11 is 0. The first-order valence-corrected chi connectivity index (χ1v) is 6.45. The fourth-order valence-corrected chi connectivity index (χ4v) is 2.42. The van der Waals surface area contributed by atoms with Crippen LogP contribution in [0.2, 0.25) is 0 Å². The molecule has 0 radical (unpaired) electrons. The van der Waals surface area contributed by atoms with E-state index >= 15 is 0 Å². The molecule has 0 aliphatic carbocycles. The number of piperazine rings is 1. The average Bonchev–Trinajstić information content (AvgIpc) is 2.15. The standard InChI is InChI=1S/C8H18N2O4S/c1-6(11)8-5-9-3-4-10(8)7(2)15(12,13)14/h6-9,11H,3-5H2,1-2H3,(H,12,13,14). The summed E-state index contributed by atoms with van der Waals surface area (Å²) < 4.78 is 31.0. The highest BCUT2D eigenvalue weighted by Crippen LogP contribution is 2.15. The van der Waals surface area contributed by atoms with Crippen molar-refractivity contribution in [2.45, 2.75) is 31.4 Å². The van der Waals surface area contributed by atoms with Crippen molar-refractivity contribution in [3.05, 3.63) is 0 Å². The van der Waals surface area contributed by atoms with Crippen molar-refractivity contribution in [3.8, 4) is 0 Å². The van der Waals surface area contributed by atoms with Gasteiger partial charge in [-0.1, -0.05) is 0 Å². The maximum atomic E-state index is 11.0. The monoisotopic (exact) mass is 238 g/mol. The number of rotatable bonds is 3. The summed E-state index contributed by atoms with van der Waals surface area (Å²) in [6.07, 6.45) is -0.637. The zero-order valence-corrected chi connectivity index (χ0v) is 9.74. The van der Waals surface area contributed by atoms with Crippen LogP contribution in [0.1, 0.15) is 13.8 Å². The molecule has 1 heterocycles. The molecule has 1 aliphatic rings. The van der Waals surface area contributed by atoms with E-state index in [1.165, 1.54) is 6.92 Å². The van der Waals surface area contributed by atoms with Crippen LogP contribution in [0, 0.1) is 0 Å². The number of aliphatic hydroxyl groups is 1. The van der Waals surface area contributed by atoms with E-state index in [2.05, 4.69) is 5.32 Å². The third kappa shape index (κ3) is 3.12. The second kappa shape index (κ2) is 4.75. The van der Waals surface area contributed by atoms with Gasteiger partial charge in [0.1, 0.15) is 5.37 Å². The number of hydrogen-bond acceptors (Lipinski definition) is 5. The Labute approximate surface area is 90.0 Å². The summed E-state index contributed by atoms with van der Waals surface area (Å²) in [5.74, 6) is 0. The molecule has 1 saturated heterocycles. The van der Waals surface area contributed by atoms with Crippen molar-refractivity contribution in [2.75, 3.05) is 19.6 Å². The van der Waals surface area contributed by atoms with Crippen LogP contribution in [0.5, 0.6) is 0 Å². The molecular formula is C8H18N2O4S. The third-order valence-corrected chi connectivity index (χ3v) is 3.91. The molecule has 6 nitrogen and oxygen atoms in total. The van der Waals surface area contributed by atoms with Crippen molar-refractivity contribution < 1.29 is 18.1 Å². The number of hydrogen-bond donors (Lipinski definition) is 3. The Hall–Kier alpha value is -0.210. The molecule has 3 atom stereocenters. The van der Waals surface area contributed by atoms with Gasteiger partial charge in [-0.15, -0.1) is 0 Å². The van der Waals surface area contributed by atoms with E-state index in [1.807, 2.05) is 0 Å². The summed E-state index contributed by atoms with van der Waals surface area (Å²) in [4.78, 5) is 1.61. The molecule has 3 unspecified atom stereocenters. The molecule has 3 N–H and O–H groups in total. The van der Waals surface area contributed by atoms with Gasteiger partial charge in [-0.05, 0) is 13.8 Å². The molecule has 1 rings (SSSR count). The maximum absolute atomic E-state index is 11.0. The summed E-state index contributed by atoms with van der Waals surface area (Å²) in [6.45, 7) is 4.72. The van der Waals surface area contributed by atoms with Crippen molar-refractivity contribution in [2.24, 2.45) is 0 Å². The lowest BCUT2D eigenvalue weighted by molar-refractivity contribution is 0.0383. The van der Waals surface area contributed by atoms with Gasteiger partial charge in [0.15, 0.2) is 0 Å². The van der Waals surface area contributed by atoms with E-state index in [4.69, 9.17) is 4.55 Å². The first-order chi connectivity index (χ1) is 6.84. The lowest BCUT2D eigenvalue weighted by Gasteiger charge is -2.40. The van der Waals surface area contributed by atoms with E-state index in [1.54, 1.807) is 11.8 Å². The van der Waals surface area contributed by atoms with E-state index in [0.29, 0.717) is 19.6 Å². The Bertz CT molecular complexity index is 304. The van der Waals surface area contributed by atoms with Gasteiger partial charge in [0.05, 0.1) is 6.10 Å². The summed E-state index contributed by atoms with van der Waals surface area (Å²) in [5, 5.41) is 11.6. The molecule has 0 saturated carbocycles. The van der Waals surface area contributed by atoms with Crippen molar-refractivity contribution in [1.82, 2.24) is 10.2 Å². The summed E-state index contributed by atoms with van der Waals surface area (Å²) in [7, 11) is -4.08. The molecule has 1 aliphatic heterocycles. The molecule has 0 aromatic rings. The molecule has 0 spiro atoms. The van der Waals surface area contributed by atoms with Crippen LogP contribution >= 0.6 is 0 Å². The molecule has 7 heteroatoms. The maximum Gasteiger partial charge on any atom is 0.281 e. The predicted molar refractivity (Wildman–Crippen MR) is 56.1 cm³/mol. The first kappa shape index (κ1) is 12.9. The minimum atomic E-state index is -4.08. The van der Waals surface area contributed by atoms with Gasteiger partial charge in [0.2, 0.25) is 0 Å². The molecule has 0 aromatic carbocycles. The fraction of sp³-hybridized carbons (Fsp3) is 1.00. The lowest BCUT2D eigenvalue weighted by atomic mass is 10.1. The topological polar surface area (TPSA) is 89.9 Å². The van der Waals surface area contributed by atoms with Crippen LogP contribution in [0.15, 0.2) is 0 Å². The quantitative estimate of drug-likeness (QED) is 0.539. The second-order valence-electron chi connectivity index (χ2n) is 3.86. The van der Waals surface area contributed by atoms with E-state index < -0.39 is 21.6 Å². The van der Waals surface area contributed by atoms with E-state index in [-0.39, 0.29) is 6.04 Å². The summed E-state index contributed by atoms with van der Waals surface area (Å²) in [6, 6.07) is -0.282. The molecule has 15 heavy (non-hydrogen) atoms. The summed E-state index contributed by atoms with van der Waals surface area (Å²) in [5.41, 5.74) is 0. The Morgan fingerprint density at radius 2 is 2.07 bits per heavy atom. The van der Waals surface area contributed by atoms with Crippen LogP contribution in [0.3, 0.4) is 0 Å². The molecule has 90 valence electrons. The highest BCUT2D eigenvalue weighted by atomic mass is 32.2. The Balaban J connectivity index is 2.81. The fourth-order valence-electron chi connectivity index (χ4n) is 1.81.